The van der Waals surface area contributed by atoms with Gasteiger partial charge in [-0.15, -0.1) is 0 Å². The number of rotatable bonds is 6. The minimum absolute atomic E-state index is 0.129. The lowest BCUT2D eigenvalue weighted by Gasteiger charge is -2.10. The molecule has 0 saturated heterocycles. The van der Waals surface area contributed by atoms with Crippen LogP contribution in [0.3, 0.4) is 0 Å². The van der Waals surface area contributed by atoms with E-state index in [4.69, 9.17) is 10.8 Å². The van der Waals surface area contributed by atoms with Crippen LogP contribution < -0.4 is 11.1 Å². The lowest BCUT2D eigenvalue weighted by atomic mass is 10.1. The molecule has 4 N–H and O–H groups in total. The van der Waals surface area contributed by atoms with Gasteiger partial charge in [0.15, 0.2) is 0 Å². The monoisotopic (exact) mass is 246 g/mol. The SMILES string of the molecule is NC(=O)NC(=O)CSCC1(CC(=O)O)CC1. The molecule has 0 atom stereocenters. The van der Waals surface area contributed by atoms with E-state index < -0.39 is 17.9 Å². The summed E-state index contributed by atoms with van der Waals surface area (Å²) in [6.45, 7) is 0. The van der Waals surface area contributed by atoms with E-state index in [1.807, 2.05) is 5.32 Å². The van der Waals surface area contributed by atoms with Gasteiger partial charge in [0, 0.05) is 0 Å². The Morgan fingerprint density at radius 1 is 1.38 bits per heavy atom. The van der Waals surface area contributed by atoms with Gasteiger partial charge in [-0.2, -0.15) is 11.8 Å². The molecular formula is C9H14N2O4S. The van der Waals surface area contributed by atoms with Crippen LogP contribution in [0.25, 0.3) is 0 Å². The van der Waals surface area contributed by atoms with Gasteiger partial charge in [-0.3, -0.25) is 14.9 Å². The van der Waals surface area contributed by atoms with E-state index in [9.17, 15) is 14.4 Å². The Morgan fingerprint density at radius 3 is 2.44 bits per heavy atom. The highest BCUT2D eigenvalue weighted by molar-refractivity contribution is 8.00. The van der Waals surface area contributed by atoms with E-state index in [0.717, 1.165) is 12.8 Å². The molecule has 16 heavy (non-hydrogen) atoms. The van der Waals surface area contributed by atoms with Gasteiger partial charge in [-0.05, 0) is 24.0 Å². The average molecular weight is 246 g/mol. The molecule has 90 valence electrons. The molecule has 0 unspecified atom stereocenters. The van der Waals surface area contributed by atoms with Crippen molar-refractivity contribution in [1.82, 2.24) is 5.32 Å². The first-order valence-corrected chi connectivity index (χ1v) is 5.98. The van der Waals surface area contributed by atoms with Crippen LogP contribution in [-0.4, -0.2) is 34.5 Å². The van der Waals surface area contributed by atoms with Gasteiger partial charge in [0.05, 0.1) is 12.2 Å². The van der Waals surface area contributed by atoms with E-state index >= 15 is 0 Å². The maximum Gasteiger partial charge on any atom is 0.318 e. The largest absolute Gasteiger partial charge is 0.481 e. The van der Waals surface area contributed by atoms with Gasteiger partial charge in [0.25, 0.3) is 0 Å². The number of carboxylic acid groups (broad SMARTS) is 1. The summed E-state index contributed by atoms with van der Waals surface area (Å²) in [5.74, 6) is -0.487. The van der Waals surface area contributed by atoms with Crippen molar-refractivity contribution in [2.75, 3.05) is 11.5 Å². The minimum Gasteiger partial charge on any atom is -0.481 e. The van der Waals surface area contributed by atoms with Gasteiger partial charge in [-0.1, -0.05) is 0 Å². The van der Waals surface area contributed by atoms with Crippen molar-refractivity contribution in [2.45, 2.75) is 19.3 Å². The van der Waals surface area contributed by atoms with Crippen molar-refractivity contribution in [1.29, 1.82) is 0 Å². The third kappa shape index (κ3) is 4.52. The Morgan fingerprint density at radius 2 is 2.00 bits per heavy atom. The molecule has 0 aromatic heterocycles. The topological polar surface area (TPSA) is 109 Å². The molecule has 0 radical (unpaired) electrons. The molecule has 0 aliphatic heterocycles. The number of aliphatic carboxylic acids is 1. The van der Waals surface area contributed by atoms with Gasteiger partial charge in [0.1, 0.15) is 0 Å². The van der Waals surface area contributed by atoms with Gasteiger partial charge in [0.2, 0.25) is 5.91 Å². The molecule has 0 heterocycles. The van der Waals surface area contributed by atoms with Crippen LogP contribution in [0.1, 0.15) is 19.3 Å². The van der Waals surface area contributed by atoms with Crippen molar-refractivity contribution in [3.05, 3.63) is 0 Å². The van der Waals surface area contributed by atoms with Crippen LogP contribution in [0.5, 0.6) is 0 Å². The second-order valence-corrected chi connectivity index (χ2v) is 4.96. The molecule has 3 amide bonds. The highest BCUT2D eigenvalue weighted by atomic mass is 32.2. The molecule has 1 fully saturated rings. The quantitative estimate of drug-likeness (QED) is 0.619. The number of hydrogen-bond acceptors (Lipinski definition) is 4. The maximum atomic E-state index is 11.0. The van der Waals surface area contributed by atoms with Gasteiger partial charge < -0.3 is 10.8 Å². The van der Waals surface area contributed by atoms with Crippen molar-refractivity contribution in [3.8, 4) is 0 Å². The summed E-state index contributed by atoms with van der Waals surface area (Å²) >= 11 is 1.33. The van der Waals surface area contributed by atoms with Crippen LogP contribution in [0.15, 0.2) is 0 Å². The molecule has 7 heteroatoms. The molecule has 1 aliphatic rings. The van der Waals surface area contributed by atoms with Crippen LogP contribution in [0, 0.1) is 5.41 Å². The normalized spacial score (nSPS) is 16.5. The minimum atomic E-state index is -0.864. The number of nitrogens with two attached hydrogens (primary N) is 1. The lowest BCUT2D eigenvalue weighted by Crippen LogP contribution is -2.36. The molecule has 6 nitrogen and oxygen atoms in total. The maximum absolute atomic E-state index is 11.0. The smallest absolute Gasteiger partial charge is 0.318 e. The summed E-state index contributed by atoms with van der Waals surface area (Å²) in [6.07, 6.45) is 1.94. The fraction of sp³-hybridized carbons (Fsp3) is 0.667. The van der Waals surface area contributed by atoms with Gasteiger partial charge >= 0.3 is 12.0 Å². The summed E-state index contributed by atoms with van der Waals surface area (Å²) in [7, 11) is 0. The second kappa shape index (κ2) is 5.20. The summed E-state index contributed by atoms with van der Waals surface area (Å²) in [5.41, 5.74) is 4.64. The van der Waals surface area contributed by atoms with Crippen molar-refractivity contribution < 1.29 is 19.5 Å². The molecule has 0 aromatic carbocycles. The Kier molecular flexibility index (Phi) is 4.17. The lowest BCUT2D eigenvalue weighted by molar-refractivity contribution is -0.138. The molecule has 0 spiro atoms. The zero-order chi connectivity index (χ0) is 12.2. The molecule has 0 bridgehead atoms. The summed E-state index contributed by atoms with van der Waals surface area (Å²) in [4.78, 5) is 31.9. The fourth-order valence-corrected chi connectivity index (χ4v) is 2.59. The number of carbonyl (C=O) groups excluding carboxylic acids is 2. The van der Waals surface area contributed by atoms with E-state index in [1.165, 1.54) is 11.8 Å². The Balaban J connectivity index is 2.18. The van der Waals surface area contributed by atoms with E-state index in [2.05, 4.69) is 0 Å². The van der Waals surface area contributed by atoms with Crippen molar-refractivity contribution >= 4 is 29.7 Å². The predicted molar refractivity (Wildman–Crippen MR) is 59.0 cm³/mol. The number of thioether (sulfide) groups is 1. The number of primary amides is 1. The average Bonchev–Trinajstić information content (AvgIpc) is 2.82. The number of carbonyl (C=O) groups is 3. The zero-order valence-corrected chi connectivity index (χ0v) is 9.51. The number of imide groups is 1. The molecule has 1 rings (SSSR count). The Hall–Kier alpha value is -1.24. The zero-order valence-electron chi connectivity index (χ0n) is 8.69. The van der Waals surface area contributed by atoms with Crippen LogP contribution in [0.2, 0.25) is 0 Å². The first-order chi connectivity index (χ1) is 7.43. The standard InChI is InChI=1S/C9H14N2O4S/c10-8(15)11-6(12)4-16-5-9(1-2-9)3-7(13)14/h1-5H2,(H,13,14)(H3,10,11,12,15). The van der Waals surface area contributed by atoms with Crippen LogP contribution in [0.4, 0.5) is 4.79 Å². The Bertz CT molecular complexity index is 315. The first-order valence-electron chi connectivity index (χ1n) is 4.82. The molecule has 1 saturated carbocycles. The molecule has 1 aliphatic carbocycles. The fourth-order valence-electron chi connectivity index (χ4n) is 1.40. The van der Waals surface area contributed by atoms with Crippen LogP contribution >= 0.6 is 11.8 Å². The number of nitrogens with one attached hydrogen (secondary N) is 1. The number of carboxylic acids is 1. The summed E-state index contributed by atoms with van der Waals surface area (Å²) in [6, 6.07) is -0.864. The highest BCUT2D eigenvalue weighted by Gasteiger charge is 2.44. The Labute approximate surface area is 96.9 Å². The number of hydrogen-bond donors (Lipinski definition) is 3. The predicted octanol–water partition coefficient (Wildman–Crippen LogP) is 0.169. The van der Waals surface area contributed by atoms with Crippen molar-refractivity contribution in [3.63, 3.8) is 0 Å². The third-order valence-electron chi connectivity index (χ3n) is 2.39. The molecular weight excluding hydrogens is 232 g/mol. The van der Waals surface area contributed by atoms with E-state index in [0.29, 0.717) is 5.75 Å². The number of amides is 3. The number of urea groups is 1. The van der Waals surface area contributed by atoms with E-state index in [-0.39, 0.29) is 17.6 Å². The van der Waals surface area contributed by atoms with Crippen LogP contribution in [-0.2, 0) is 9.59 Å². The third-order valence-corrected chi connectivity index (χ3v) is 3.67. The summed E-state index contributed by atoms with van der Waals surface area (Å²) in [5, 5.41) is 10.6. The highest BCUT2D eigenvalue weighted by Crippen LogP contribution is 2.50. The van der Waals surface area contributed by atoms with Crippen molar-refractivity contribution in [2.24, 2.45) is 11.1 Å². The summed E-state index contributed by atoms with van der Waals surface area (Å²) < 4.78 is 0. The van der Waals surface area contributed by atoms with Gasteiger partial charge in [-0.25, -0.2) is 4.79 Å². The van der Waals surface area contributed by atoms with E-state index in [1.54, 1.807) is 0 Å². The first kappa shape index (κ1) is 12.8. The molecule has 0 aromatic rings. The second-order valence-electron chi connectivity index (χ2n) is 3.98.